The van der Waals surface area contributed by atoms with Gasteiger partial charge in [-0.25, -0.2) is 28.1 Å². The Hall–Kier alpha value is -3.29. The van der Waals surface area contributed by atoms with Crippen molar-refractivity contribution in [3.05, 3.63) is 48.8 Å². The Morgan fingerprint density at radius 1 is 1.11 bits per heavy atom. The van der Waals surface area contributed by atoms with Gasteiger partial charge in [0.15, 0.2) is 6.61 Å². The second-order valence-corrected chi connectivity index (χ2v) is 9.91. The normalized spacial score (nSPS) is 17.0. The molecule has 9 nitrogen and oxygen atoms in total. The summed E-state index contributed by atoms with van der Waals surface area (Å²) in [6.45, 7) is -0.0393. The molecule has 186 valence electrons. The number of benzene rings is 1. The van der Waals surface area contributed by atoms with Crippen molar-refractivity contribution < 1.29 is 26.3 Å². The Bertz CT molecular complexity index is 1290. The molecule has 35 heavy (non-hydrogen) atoms. The van der Waals surface area contributed by atoms with Crippen LogP contribution in [0, 0.1) is 0 Å². The fourth-order valence-corrected chi connectivity index (χ4v) is 4.93. The Morgan fingerprint density at radius 2 is 1.74 bits per heavy atom. The Balaban J connectivity index is 1.69. The predicted molar refractivity (Wildman–Crippen MR) is 123 cm³/mol. The molecule has 3 heterocycles. The minimum absolute atomic E-state index is 0.0127. The number of halogens is 3. The van der Waals surface area contributed by atoms with E-state index in [1.165, 1.54) is 48.8 Å². The van der Waals surface area contributed by atoms with Gasteiger partial charge in [-0.15, -0.1) is 0 Å². The number of ether oxygens (including phenoxy) is 1. The molecule has 1 aliphatic rings. The van der Waals surface area contributed by atoms with Crippen LogP contribution in [-0.4, -0.2) is 67.2 Å². The van der Waals surface area contributed by atoms with Crippen molar-refractivity contribution in [2.75, 3.05) is 32.5 Å². The van der Waals surface area contributed by atoms with Gasteiger partial charge in [-0.3, -0.25) is 0 Å². The highest BCUT2D eigenvalue weighted by atomic mass is 32.2. The van der Waals surface area contributed by atoms with Crippen LogP contribution in [-0.2, 0) is 10.0 Å². The molecule has 1 aliphatic heterocycles. The first-order chi connectivity index (χ1) is 16.5. The van der Waals surface area contributed by atoms with Crippen LogP contribution < -0.4 is 15.2 Å². The second kappa shape index (κ2) is 9.76. The monoisotopic (exact) mass is 508 g/mol. The summed E-state index contributed by atoms with van der Waals surface area (Å²) >= 11 is 0. The largest absolute Gasteiger partial charge is 0.484 e. The first-order valence-electron chi connectivity index (χ1n) is 10.6. The van der Waals surface area contributed by atoms with Gasteiger partial charge in [0.1, 0.15) is 5.75 Å². The SMILES string of the molecule is CN1CC[C@@H](NS(=O)(=O)c2cc(-c3ccc(OCC(F)(F)F)cc3)nc(-c3cnc(N)nc3)c2)C1. The van der Waals surface area contributed by atoms with Crippen LogP contribution in [0.4, 0.5) is 19.1 Å². The van der Waals surface area contributed by atoms with Crippen molar-refractivity contribution in [1.29, 1.82) is 0 Å². The third kappa shape index (κ3) is 6.44. The summed E-state index contributed by atoms with van der Waals surface area (Å²) in [6, 6.07) is 8.34. The molecule has 0 amide bonds. The Kier molecular flexibility index (Phi) is 6.92. The molecule has 3 N–H and O–H groups in total. The minimum atomic E-state index is -4.46. The van der Waals surface area contributed by atoms with Crippen LogP contribution in [0.25, 0.3) is 22.5 Å². The molecule has 1 atom stereocenters. The number of nitrogen functional groups attached to an aromatic ring is 1. The van der Waals surface area contributed by atoms with Crippen molar-refractivity contribution >= 4 is 16.0 Å². The smallest absolute Gasteiger partial charge is 0.422 e. The molecule has 0 bridgehead atoms. The van der Waals surface area contributed by atoms with Crippen LogP contribution in [0.5, 0.6) is 5.75 Å². The number of pyridine rings is 1. The average Bonchev–Trinajstić information content (AvgIpc) is 3.21. The van der Waals surface area contributed by atoms with Crippen LogP contribution >= 0.6 is 0 Å². The second-order valence-electron chi connectivity index (χ2n) is 8.20. The molecule has 3 aromatic rings. The summed E-state index contributed by atoms with van der Waals surface area (Å²) in [4.78, 5) is 14.4. The van der Waals surface area contributed by atoms with E-state index < -0.39 is 22.8 Å². The number of alkyl halides is 3. The molecule has 1 saturated heterocycles. The number of nitrogens with two attached hydrogens (primary N) is 1. The van der Waals surface area contributed by atoms with Gasteiger partial charge in [0.2, 0.25) is 16.0 Å². The summed E-state index contributed by atoms with van der Waals surface area (Å²) in [5, 5.41) is 0. The van der Waals surface area contributed by atoms with E-state index in [1.807, 2.05) is 11.9 Å². The van der Waals surface area contributed by atoms with Gasteiger partial charge >= 0.3 is 6.18 Å². The highest BCUT2D eigenvalue weighted by Gasteiger charge is 2.29. The van der Waals surface area contributed by atoms with E-state index in [2.05, 4.69) is 19.7 Å². The van der Waals surface area contributed by atoms with E-state index in [9.17, 15) is 21.6 Å². The summed E-state index contributed by atoms with van der Waals surface area (Å²) in [6.07, 6.45) is -0.914. The number of nitrogens with one attached hydrogen (secondary N) is 1. The van der Waals surface area contributed by atoms with Gasteiger partial charge in [-0.05, 0) is 56.4 Å². The van der Waals surface area contributed by atoms with Crippen molar-refractivity contribution in [3.8, 4) is 28.3 Å². The first kappa shape index (κ1) is 24.8. The number of hydrogen-bond donors (Lipinski definition) is 2. The fraction of sp³-hybridized carbons (Fsp3) is 0.318. The van der Waals surface area contributed by atoms with E-state index in [0.717, 1.165) is 6.54 Å². The average molecular weight is 509 g/mol. The standard InChI is InChI=1S/C22H23F3N6O3S/c1-31-7-6-16(12-31)30-35(32,33)18-8-19(29-20(9-18)15-10-27-21(26)28-11-15)14-2-4-17(5-3-14)34-13-22(23,24)25/h2-5,8-11,16,30H,6-7,12-13H2,1H3,(H2,26,27,28)/t16-/m1/s1. The van der Waals surface area contributed by atoms with Crippen LogP contribution in [0.1, 0.15) is 6.42 Å². The van der Waals surface area contributed by atoms with Gasteiger partial charge in [0, 0.05) is 36.1 Å². The van der Waals surface area contributed by atoms with Crippen LogP contribution in [0.2, 0.25) is 0 Å². The minimum Gasteiger partial charge on any atom is -0.484 e. The Morgan fingerprint density at radius 3 is 2.31 bits per heavy atom. The van der Waals surface area contributed by atoms with Crippen LogP contribution in [0.3, 0.4) is 0 Å². The molecule has 13 heteroatoms. The number of nitrogens with zero attached hydrogens (tertiary/aromatic N) is 4. The van der Waals surface area contributed by atoms with Gasteiger partial charge in [-0.2, -0.15) is 13.2 Å². The molecule has 1 fully saturated rings. The topological polar surface area (TPSA) is 123 Å². The lowest BCUT2D eigenvalue weighted by Gasteiger charge is -2.15. The van der Waals surface area contributed by atoms with E-state index in [1.54, 1.807) is 0 Å². The lowest BCUT2D eigenvalue weighted by molar-refractivity contribution is -0.153. The van der Waals surface area contributed by atoms with E-state index >= 15 is 0 Å². The third-order valence-corrected chi connectivity index (χ3v) is 6.84. The summed E-state index contributed by atoms with van der Waals surface area (Å²) in [7, 11) is -1.98. The maximum atomic E-state index is 13.2. The summed E-state index contributed by atoms with van der Waals surface area (Å²) < 4.78 is 71.2. The molecular weight excluding hydrogens is 485 g/mol. The molecule has 0 spiro atoms. The molecule has 1 aromatic carbocycles. The quantitative estimate of drug-likeness (QED) is 0.500. The molecule has 0 unspecified atom stereocenters. The zero-order valence-corrected chi connectivity index (χ0v) is 19.5. The first-order valence-corrected chi connectivity index (χ1v) is 12.1. The number of hydrogen-bond acceptors (Lipinski definition) is 8. The predicted octanol–water partition coefficient (Wildman–Crippen LogP) is 2.71. The van der Waals surface area contributed by atoms with Gasteiger partial charge < -0.3 is 15.4 Å². The van der Waals surface area contributed by atoms with Crippen molar-refractivity contribution in [3.63, 3.8) is 0 Å². The van der Waals surface area contributed by atoms with Crippen molar-refractivity contribution in [1.82, 2.24) is 24.6 Å². The van der Waals surface area contributed by atoms with Crippen molar-refractivity contribution in [2.45, 2.75) is 23.5 Å². The molecular formula is C22H23F3N6O3S. The number of anilines is 1. The van der Waals surface area contributed by atoms with Gasteiger partial charge in [-0.1, -0.05) is 0 Å². The third-order valence-electron chi connectivity index (χ3n) is 5.34. The van der Waals surface area contributed by atoms with E-state index in [-0.39, 0.29) is 22.6 Å². The Labute approximate surface area is 200 Å². The number of likely N-dealkylation sites (N-methyl/N-ethyl adjacent to an activating group) is 1. The molecule has 0 radical (unpaired) electrons. The summed E-state index contributed by atoms with van der Waals surface area (Å²) in [5.74, 6) is 0.0771. The number of sulfonamides is 1. The molecule has 0 aliphatic carbocycles. The van der Waals surface area contributed by atoms with Gasteiger partial charge in [0.05, 0.1) is 16.3 Å². The molecule has 4 rings (SSSR count). The number of likely N-dealkylation sites (tertiary alicyclic amines) is 1. The zero-order chi connectivity index (χ0) is 25.2. The number of aromatic nitrogens is 3. The highest BCUT2D eigenvalue weighted by Crippen LogP contribution is 2.29. The zero-order valence-electron chi connectivity index (χ0n) is 18.7. The maximum Gasteiger partial charge on any atom is 0.422 e. The lowest BCUT2D eigenvalue weighted by atomic mass is 10.1. The molecule has 2 aromatic heterocycles. The van der Waals surface area contributed by atoms with Crippen molar-refractivity contribution in [2.24, 2.45) is 0 Å². The van der Waals surface area contributed by atoms with E-state index in [0.29, 0.717) is 35.5 Å². The lowest BCUT2D eigenvalue weighted by Crippen LogP contribution is -2.36. The van der Waals surface area contributed by atoms with E-state index in [4.69, 9.17) is 10.5 Å². The highest BCUT2D eigenvalue weighted by molar-refractivity contribution is 7.89. The molecule has 0 saturated carbocycles. The van der Waals surface area contributed by atoms with Crippen LogP contribution in [0.15, 0.2) is 53.7 Å². The summed E-state index contributed by atoms with van der Waals surface area (Å²) in [5.41, 5.74) is 7.08. The maximum absolute atomic E-state index is 13.2. The van der Waals surface area contributed by atoms with Gasteiger partial charge in [0.25, 0.3) is 0 Å². The fourth-order valence-electron chi connectivity index (χ4n) is 3.63. The number of rotatable bonds is 7.